The van der Waals surface area contributed by atoms with Gasteiger partial charge in [0, 0.05) is 25.2 Å². The molecule has 0 amide bonds. The smallest absolute Gasteiger partial charge is 0.312 e. The number of sulfonamides is 1. The maximum Gasteiger partial charge on any atom is 0.312 e. The van der Waals surface area contributed by atoms with Gasteiger partial charge in [-0.15, -0.1) is 0 Å². The highest BCUT2D eigenvalue weighted by Crippen LogP contribution is 2.35. The lowest BCUT2D eigenvalue weighted by Gasteiger charge is -2.30. The summed E-state index contributed by atoms with van der Waals surface area (Å²) in [7, 11) is -2.30. The molecule has 0 unspecified atom stereocenters. The normalized spacial score (nSPS) is 17.9. The molecule has 1 heterocycles. The number of hydrogen-bond acceptors (Lipinski definition) is 6. The van der Waals surface area contributed by atoms with E-state index >= 15 is 0 Å². The van der Waals surface area contributed by atoms with Gasteiger partial charge in [0.05, 0.1) is 16.9 Å². The van der Waals surface area contributed by atoms with Crippen LogP contribution in [0.25, 0.3) is 0 Å². The Morgan fingerprint density at radius 1 is 1.18 bits per heavy atom. The van der Waals surface area contributed by atoms with Gasteiger partial charge in [-0.3, -0.25) is 10.1 Å². The van der Waals surface area contributed by atoms with Crippen LogP contribution in [-0.4, -0.2) is 37.8 Å². The van der Waals surface area contributed by atoms with Gasteiger partial charge >= 0.3 is 5.69 Å². The molecule has 2 aromatic carbocycles. The number of benzene rings is 2. The molecule has 0 N–H and O–H groups in total. The van der Waals surface area contributed by atoms with E-state index in [0.717, 1.165) is 18.9 Å². The van der Waals surface area contributed by atoms with Crippen LogP contribution >= 0.6 is 0 Å². The van der Waals surface area contributed by atoms with Crippen molar-refractivity contribution in [3.63, 3.8) is 0 Å². The molecule has 3 rings (SSSR count). The molecule has 0 radical (unpaired) electrons. The Bertz CT molecular complexity index is 976. The van der Waals surface area contributed by atoms with Crippen molar-refractivity contribution in [1.82, 2.24) is 4.31 Å². The summed E-state index contributed by atoms with van der Waals surface area (Å²) in [5.74, 6) is 1.11. The molecule has 1 aliphatic rings. The Hall–Kier alpha value is -2.65. The standard InChI is InChI=1S/C19H22N2O6S/c1-14-5-4-10-20(13-14)28(24,25)17-8-9-19(18(12-17)21(22)23)27-16-7-3-6-15(11-16)26-2/h3,6-9,11-12,14H,4-5,10,13H2,1-2H3/t14-/m1/s1. The molecule has 0 aromatic heterocycles. The van der Waals surface area contributed by atoms with E-state index in [0.29, 0.717) is 24.6 Å². The quantitative estimate of drug-likeness (QED) is 0.534. The van der Waals surface area contributed by atoms with Crippen LogP contribution in [0.2, 0.25) is 0 Å². The molecule has 28 heavy (non-hydrogen) atoms. The second-order valence-corrected chi connectivity index (χ2v) is 8.72. The summed E-state index contributed by atoms with van der Waals surface area (Å²) in [4.78, 5) is 10.8. The highest BCUT2D eigenvalue weighted by molar-refractivity contribution is 7.89. The fourth-order valence-electron chi connectivity index (χ4n) is 3.19. The summed E-state index contributed by atoms with van der Waals surface area (Å²) in [6.07, 6.45) is 1.75. The summed E-state index contributed by atoms with van der Waals surface area (Å²) in [6.45, 7) is 2.83. The summed E-state index contributed by atoms with van der Waals surface area (Å²) in [5.41, 5.74) is -0.408. The molecule has 1 fully saturated rings. The highest BCUT2D eigenvalue weighted by atomic mass is 32.2. The lowest BCUT2D eigenvalue weighted by molar-refractivity contribution is -0.385. The zero-order valence-corrected chi connectivity index (χ0v) is 16.5. The average molecular weight is 406 g/mol. The van der Waals surface area contributed by atoms with Gasteiger partial charge in [-0.1, -0.05) is 13.0 Å². The van der Waals surface area contributed by atoms with Crippen LogP contribution in [0.1, 0.15) is 19.8 Å². The summed E-state index contributed by atoms with van der Waals surface area (Å²) in [6, 6.07) is 10.3. The second kappa shape index (κ2) is 8.15. The molecule has 1 aliphatic heterocycles. The number of rotatable bonds is 6. The third-order valence-corrected chi connectivity index (χ3v) is 6.51. The molecular weight excluding hydrogens is 384 g/mol. The van der Waals surface area contributed by atoms with Crippen LogP contribution in [0.15, 0.2) is 47.4 Å². The Kier molecular flexibility index (Phi) is 5.85. The van der Waals surface area contributed by atoms with Crippen molar-refractivity contribution in [2.75, 3.05) is 20.2 Å². The van der Waals surface area contributed by atoms with Gasteiger partial charge in [-0.25, -0.2) is 8.42 Å². The first-order chi connectivity index (χ1) is 13.3. The second-order valence-electron chi connectivity index (χ2n) is 6.78. The van der Waals surface area contributed by atoms with Crippen LogP contribution in [0.3, 0.4) is 0 Å². The minimum Gasteiger partial charge on any atom is -0.497 e. The SMILES string of the molecule is COc1cccc(Oc2ccc(S(=O)(=O)N3CCC[C@@H](C)C3)cc2[N+](=O)[O-])c1. The number of piperidine rings is 1. The molecule has 1 saturated heterocycles. The molecule has 1 atom stereocenters. The van der Waals surface area contributed by atoms with Crippen molar-refractivity contribution in [1.29, 1.82) is 0 Å². The highest BCUT2D eigenvalue weighted by Gasteiger charge is 2.31. The van der Waals surface area contributed by atoms with Crippen LogP contribution in [-0.2, 0) is 10.0 Å². The molecule has 9 heteroatoms. The van der Waals surface area contributed by atoms with Crippen molar-refractivity contribution in [2.45, 2.75) is 24.7 Å². The van der Waals surface area contributed by atoms with Crippen molar-refractivity contribution in [3.05, 3.63) is 52.6 Å². The largest absolute Gasteiger partial charge is 0.497 e. The minimum absolute atomic E-state index is 0.0378. The van der Waals surface area contributed by atoms with Crippen molar-refractivity contribution >= 4 is 15.7 Å². The average Bonchev–Trinajstić information content (AvgIpc) is 2.68. The van der Waals surface area contributed by atoms with Gasteiger partial charge in [0.1, 0.15) is 11.5 Å². The Labute approximate surface area is 163 Å². The van der Waals surface area contributed by atoms with Gasteiger partial charge in [-0.05, 0) is 43.0 Å². The molecule has 150 valence electrons. The molecule has 0 spiro atoms. The fourth-order valence-corrected chi connectivity index (χ4v) is 4.81. The number of methoxy groups -OCH3 is 1. The van der Waals surface area contributed by atoms with Crippen molar-refractivity contribution in [3.8, 4) is 17.2 Å². The molecule has 2 aromatic rings. The topological polar surface area (TPSA) is 99.0 Å². The van der Waals surface area contributed by atoms with E-state index in [1.165, 1.54) is 23.5 Å². The van der Waals surface area contributed by atoms with Gasteiger partial charge in [0.15, 0.2) is 0 Å². The molecule has 0 bridgehead atoms. The first kappa shape index (κ1) is 20.1. The van der Waals surface area contributed by atoms with Gasteiger partial charge in [0.2, 0.25) is 15.8 Å². The number of hydrogen-bond donors (Lipinski definition) is 0. The maximum atomic E-state index is 12.9. The van der Waals surface area contributed by atoms with E-state index < -0.39 is 20.6 Å². The van der Waals surface area contributed by atoms with Crippen LogP contribution < -0.4 is 9.47 Å². The van der Waals surface area contributed by atoms with Gasteiger partial charge < -0.3 is 9.47 Å². The first-order valence-electron chi connectivity index (χ1n) is 8.92. The van der Waals surface area contributed by atoms with Crippen LogP contribution in [0.5, 0.6) is 17.2 Å². The van der Waals surface area contributed by atoms with E-state index in [-0.39, 0.29) is 16.6 Å². The molecular formula is C19H22N2O6S. The van der Waals surface area contributed by atoms with E-state index in [4.69, 9.17) is 9.47 Å². The Balaban J connectivity index is 1.93. The summed E-state index contributed by atoms with van der Waals surface area (Å²) in [5, 5.41) is 11.5. The van der Waals surface area contributed by atoms with Crippen molar-refractivity contribution < 1.29 is 22.8 Å². The third-order valence-electron chi connectivity index (χ3n) is 4.65. The number of nitrogens with zero attached hydrogens (tertiary/aromatic N) is 2. The third kappa shape index (κ3) is 4.26. The lowest BCUT2D eigenvalue weighted by Crippen LogP contribution is -2.39. The number of ether oxygens (including phenoxy) is 2. The van der Waals surface area contributed by atoms with Crippen LogP contribution in [0.4, 0.5) is 5.69 Å². The Morgan fingerprint density at radius 2 is 1.93 bits per heavy atom. The predicted molar refractivity (Wildman–Crippen MR) is 103 cm³/mol. The monoisotopic (exact) mass is 406 g/mol. The molecule has 0 saturated carbocycles. The summed E-state index contributed by atoms with van der Waals surface area (Å²) < 4.78 is 37.9. The summed E-state index contributed by atoms with van der Waals surface area (Å²) >= 11 is 0. The number of nitro benzene ring substituents is 1. The predicted octanol–water partition coefficient (Wildman–Crippen LogP) is 3.82. The lowest BCUT2D eigenvalue weighted by atomic mass is 10.0. The van der Waals surface area contributed by atoms with E-state index in [1.807, 2.05) is 6.92 Å². The first-order valence-corrected chi connectivity index (χ1v) is 10.4. The fraction of sp³-hybridized carbons (Fsp3) is 0.368. The Morgan fingerprint density at radius 3 is 2.61 bits per heavy atom. The molecule has 8 nitrogen and oxygen atoms in total. The van der Waals surface area contributed by atoms with Gasteiger partial charge in [0.25, 0.3) is 0 Å². The van der Waals surface area contributed by atoms with E-state index in [2.05, 4.69) is 0 Å². The zero-order chi connectivity index (χ0) is 20.3. The zero-order valence-electron chi connectivity index (χ0n) is 15.7. The number of nitro groups is 1. The molecule has 0 aliphatic carbocycles. The van der Waals surface area contributed by atoms with Crippen LogP contribution in [0, 0.1) is 16.0 Å². The van der Waals surface area contributed by atoms with E-state index in [1.54, 1.807) is 24.3 Å². The van der Waals surface area contributed by atoms with Crippen molar-refractivity contribution in [2.24, 2.45) is 5.92 Å². The van der Waals surface area contributed by atoms with E-state index in [9.17, 15) is 18.5 Å². The maximum absolute atomic E-state index is 12.9. The minimum atomic E-state index is -3.80. The van der Waals surface area contributed by atoms with Gasteiger partial charge in [-0.2, -0.15) is 4.31 Å².